The molecule has 1 atom stereocenters. The highest BCUT2D eigenvalue weighted by atomic mass is 19.1. The van der Waals surface area contributed by atoms with Crippen molar-refractivity contribution in [3.63, 3.8) is 0 Å². The summed E-state index contributed by atoms with van der Waals surface area (Å²) in [6, 6.07) is 13.3. The van der Waals surface area contributed by atoms with Crippen LogP contribution in [0.1, 0.15) is 24.8 Å². The largest absolute Gasteiger partial charge is 0.457 e. The molecule has 126 valence electrons. The third kappa shape index (κ3) is 4.80. The first-order valence-corrected chi connectivity index (χ1v) is 8.10. The summed E-state index contributed by atoms with van der Waals surface area (Å²) in [5.74, 6) is 0.954. The number of nitrogens with one attached hydrogen (secondary N) is 1. The number of rotatable bonds is 6. The molecule has 5 heteroatoms. The molecule has 1 N–H and O–H groups in total. The quantitative estimate of drug-likeness (QED) is 0.877. The molecular weight excluding hydrogens is 309 g/mol. The van der Waals surface area contributed by atoms with Crippen LogP contribution in [-0.2, 0) is 16.1 Å². The van der Waals surface area contributed by atoms with Gasteiger partial charge in [0.2, 0.25) is 5.91 Å². The van der Waals surface area contributed by atoms with Crippen molar-refractivity contribution in [3.05, 3.63) is 59.9 Å². The molecule has 0 radical (unpaired) electrons. The van der Waals surface area contributed by atoms with Gasteiger partial charge in [-0.3, -0.25) is 4.79 Å². The number of hydrogen-bond acceptors (Lipinski definition) is 3. The predicted molar refractivity (Wildman–Crippen MR) is 88.4 cm³/mol. The lowest BCUT2D eigenvalue weighted by molar-refractivity contribution is -0.123. The molecule has 1 aliphatic rings. The van der Waals surface area contributed by atoms with E-state index < -0.39 is 0 Å². The standard InChI is InChI=1S/C19H20FNO3/c20-15-5-9-17(10-6-15)24-16-7-3-14(4-8-16)13-21-19(22)12-18-2-1-11-23-18/h3-10,18H,1-2,11-13H2,(H,21,22)/t18-/m0/s1. The van der Waals surface area contributed by atoms with E-state index in [2.05, 4.69) is 5.32 Å². The van der Waals surface area contributed by atoms with Gasteiger partial charge in [-0.25, -0.2) is 4.39 Å². The van der Waals surface area contributed by atoms with Crippen molar-refractivity contribution < 1.29 is 18.7 Å². The van der Waals surface area contributed by atoms with Crippen molar-refractivity contribution in [1.82, 2.24) is 5.32 Å². The number of benzene rings is 2. The van der Waals surface area contributed by atoms with Gasteiger partial charge in [0.25, 0.3) is 0 Å². The Hall–Kier alpha value is -2.40. The molecule has 2 aromatic carbocycles. The molecule has 4 nitrogen and oxygen atoms in total. The zero-order chi connectivity index (χ0) is 16.8. The molecule has 1 amide bonds. The Morgan fingerprint density at radius 2 is 1.79 bits per heavy atom. The first kappa shape index (κ1) is 16.5. The molecule has 1 aliphatic heterocycles. The van der Waals surface area contributed by atoms with Crippen LogP contribution in [0, 0.1) is 5.82 Å². The van der Waals surface area contributed by atoms with E-state index in [9.17, 15) is 9.18 Å². The fraction of sp³-hybridized carbons (Fsp3) is 0.316. The molecule has 0 saturated carbocycles. The zero-order valence-corrected chi connectivity index (χ0v) is 13.3. The van der Waals surface area contributed by atoms with E-state index in [0.29, 0.717) is 24.5 Å². The zero-order valence-electron chi connectivity index (χ0n) is 13.3. The average molecular weight is 329 g/mol. The maximum Gasteiger partial charge on any atom is 0.222 e. The molecule has 24 heavy (non-hydrogen) atoms. The predicted octanol–water partition coefficient (Wildman–Crippen LogP) is 3.80. The molecule has 3 rings (SSSR count). The molecule has 2 aromatic rings. The minimum atomic E-state index is -0.295. The molecule has 0 unspecified atom stereocenters. The topological polar surface area (TPSA) is 47.6 Å². The first-order valence-electron chi connectivity index (χ1n) is 8.10. The average Bonchev–Trinajstić information content (AvgIpc) is 3.09. The van der Waals surface area contributed by atoms with Crippen molar-refractivity contribution in [3.8, 4) is 11.5 Å². The fourth-order valence-electron chi connectivity index (χ4n) is 2.60. The summed E-state index contributed by atoms with van der Waals surface area (Å²) in [4.78, 5) is 11.9. The van der Waals surface area contributed by atoms with E-state index in [1.54, 1.807) is 12.1 Å². The molecule has 0 aromatic heterocycles. The van der Waals surface area contributed by atoms with Gasteiger partial charge < -0.3 is 14.8 Å². The number of ether oxygens (including phenoxy) is 2. The van der Waals surface area contributed by atoms with Gasteiger partial charge in [0.1, 0.15) is 17.3 Å². The van der Waals surface area contributed by atoms with Gasteiger partial charge in [0, 0.05) is 13.2 Å². The lowest BCUT2D eigenvalue weighted by atomic mass is 10.1. The van der Waals surface area contributed by atoms with Gasteiger partial charge in [-0.15, -0.1) is 0 Å². The van der Waals surface area contributed by atoms with Crippen LogP contribution < -0.4 is 10.1 Å². The Morgan fingerprint density at radius 1 is 1.12 bits per heavy atom. The number of carbonyl (C=O) groups excluding carboxylic acids is 1. The van der Waals surface area contributed by atoms with Gasteiger partial charge in [-0.05, 0) is 54.8 Å². The summed E-state index contributed by atoms with van der Waals surface area (Å²) in [5, 5.41) is 2.90. The second-order valence-electron chi connectivity index (χ2n) is 5.82. The third-order valence-electron chi connectivity index (χ3n) is 3.90. The monoisotopic (exact) mass is 329 g/mol. The molecule has 1 fully saturated rings. The molecule has 0 aliphatic carbocycles. The van der Waals surface area contributed by atoms with Crippen molar-refractivity contribution in [2.45, 2.75) is 31.9 Å². The van der Waals surface area contributed by atoms with E-state index in [0.717, 1.165) is 25.0 Å². The summed E-state index contributed by atoms with van der Waals surface area (Å²) in [6.45, 7) is 1.23. The maximum atomic E-state index is 12.9. The van der Waals surface area contributed by atoms with E-state index in [4.69, 9.17) is 9.47 Å². The van der Waals surface area contributed by atoms with Gasteiger partial charge in [-0.1, -0.05) is 12.1 Å². The highest BCUT2D eigenvalue weighted by molar-refractivity contribution is 5.76. The Morgan fingerprint density at radius 3 is 2.42 bits per heavy atom. The molecule has 1 heterocycles. The van der Waals surface area contributed by atoms with Gasteiger partial charge in [-0.2, -0.15) is 0 Å². The third-order valence-corrected chi connectivity index (χ3v) is 3.90. The fourth-order valence-corrected chi connectivity index (χ4v) is 2.60. The number of amides is 1. The van der Waals surface area contributed by atoms with Crippen LogP contribution in [0.2, 0.25) is 0 Å². The van der Waals surface area contributed by atoms with Crippen molar-refractivity contribution >= 4 is 5.91 Å². The van der Waals surface area contributed by atoms with Crippen LogP contribution in [0.4, 0.5) is 4.39 Å². The maximum absolute atomic E-state index is 12.9. The van der Waals surface area contributed by atoms with Crippen molar-refractivity contribution in [2.75, 3.05) is 6.61 Å². The summed E-state index contributed by atoms with van der Waals surface area (Å²) in [5.41, 5.74) is 0.988. The highest BCUT2D eigenvalue weighted by Crippen LogP contribution is 2.22. The Balaban J connectivity index is 1.47. The van der Waals surface area contributed by atoms with Crippen LogP contribution >= 0.6 is 0 Å². The van der Waals surface area contributed by atoms with E-state index in [-0.39, 0.29) is 17.8 Å². The second kappa shape index (κ2) is 7.93. The SMILES string of the molecule is O=C(C[C@@H]1CCCO1)NCc1ccc(Oc2ccc(F)cc2)cc1. The van der Waals surface area contributed by atoms with Crippen LogP contribution in [0.15, 0.2) is 48.5 Å². The number of carbonyl (C=O) groups is 1. The van der Waals surface area contributed by atoms with Crippen LogP contribution in [-0.4, -0.2) is 18.6 Å². The summed E-state index contributed by atoms with van der Waals surface area (Å²) in [6.07, 6.45) is 2.48. The second-order valence-corrected chi connectivity index (χ2v) is 5.82. The summed E-state index contributed by atoms with van der Waals surface area (Å²) >= 11 is 0. The Kier molecular flexibility index (Phi) is 5.43. The lowest BCUT2D eigenvalue weighted by Crippen LogP contribution is -2.26. The van der Waals surface area contributed by atoms with Crippen molar-refractivity contribution in [2.24, 2.45) is 0 Å². The number of hydrogen-bond donors (Lipinski definition) is 1. The Bertz CT molecular complexity index is 664. The van der Waals surface area contributed by atoms with E-state index >= 15 is 0 Å². The van der Waals surface area contributed by atoms with Gasteiger partial charge in [0.05, 0.1) is 12.5 Å². The van der Waals surface area contributed by atoms with E-state index in [1.165, 1.54) is 12.1 Å². The molecular formula is C19H20FNO3. The summed E-state index contributed by atoms with van der Waals surface area (Å²) < 4.78 is 23.9. The van der Waals surface area contributed by atoms with Crippen LogP contribution in [0.5, 0.6) is 11.5 Å². The lowest BCUT2D eigenvalue weighted by Gasteiger charge is -2.10. The first-order chi connectivity index (χ1) is 11.7. The Labute approximate surface area is 140 Å². The highest BCUT2D eigenvalue weighted by Gasteiger charge is 2.18. The van der Waals surface area contributed by atoms with E-state index in [1.807, 2.05) is 24.3 Å². The minimum Gasteiger partial charge on any atom is -0.457 e. The summed E-state index contributed by atoms with van der Waals surface area (Å²) in [7, 11) is 0. The molecule has 1 saturated heterocycles. The number of halogens is 1. The minimum absolute atomic E-state index is 0.00791. The smallest absolute Gasteiger partial charge is 0.222 e. The van der Waals surface area contributed by atoms with Gasteiger partial charge >= 0.3 is 0 Å². The van der Waals surface area contributed by atoms with Crippen LogP contribution in [0.3, 0.4) is 0 Å². The van der Waals surface area contributed by atoms with Gasteiger partial charge in [0.15, 0.2) is 0 Å². The molecule has 0 bridgehead atoms. The van der Waals surface area contributed by atoms with Crippen LogP contribution in [0.25, 0.3) is 0 Å². The van der Waals surface area contributed by atoms with Crippen molar-refractivity contribution in [1.29, 1.82) is 0 Å². The normalized spacial score (nSPS) is 16.8. The molecule has 0 spiro atoms.